The van der Waals surface area contributed by atoms with E-state index in [1.807, 2.05) is 0 Å². The van der Waals surface area contributed by atoms with Gasteiger partial charge < -0.3 is 10.2 Å². The van der Waals surface area contributed by atoms with Crippen LogP contribution in [0.5, 0.6) is 0 Å². The van der Waals surface area contributed by atoms with E-state index in [4.69, 9.17) is 0 Å². The van der Waals surface area contributed by atoms with Crippen LogP contribution in [0.4, 0.5) is 18.9 Å². The number of hydrogen-bond donors (Lipinski definition) is 1. The number of nitrogens with one attached hydrogen (secondary N) is 1. The fourth-order valence-corrected chi connectivity index (χ4v) is 5.60. The number of hydrogen-bond acceptors (Lipinski definition) is 4. The van der Waals surface area contributed by atoms with Crippen LogP contribution in [0.15, 0.2) is 83.8 Å². The third-order valence-corrected chi connectivity index (χ3v) is 8.07. The number of benzene rings is 3. The van der Waals surface area contributed by atoms with Crippen LogP contribution in [-0.2, 0) is 32.3 Å². The summed E-state index contributed by atoms with van der Waals surface area (Å²) in [5.41, 5.74) is 0.0962. The van der Waals surface area contributed by atoms with Crippen LogP contribution in [0.3, 0.4) is 0 Å². The molecule has 1 N–H and O–H groups in total. The van der Waals surface area contributed by atoms with Gasteiger partial charge in [-0.3, -0.25) is 13.9 Å². The average molecular weight is 576 g/mol. The second-order valence-electron chi connectivity index (χ2n) is 9.20. The van der Waals surface area contributed by atoms with Gasteiger partial charge in [0.25, 0.3) is 10.0 Å². The molecule has 3 aromatic carbocycles. The first-order valence-electron chi connectivity index (χ1n) is 12.8. The number of sulfonamides is 1. The summed E-state index contributed by atoms with van der Waals surface area (Å²) in [7, 11) is -4.48. The molecule has 0 heterocycles. The Morgan fingerprint density at radius 1 is 0.925 bits per heavy atom. The summed E-state index contributed by atoms with van der Waals surface area (Å²) in [5.74, 6) is -1.16. The molecule has 0 aliphatic rings. The molecule has 0 aliphatic heterocycles. The molecule has 11 heteroatoms. The first-order chi connectivity index (χ1) is 18.9. The van der Waals surface area contributed by atoms with Crippen molar-refractivity contribution in [2.24, 2.45) is 0 Å². The number of carbonyl (C=O) groups excluding carboxylic acids is 2. The number of halogens is 3. The van der Waals surface area contributed by atoms with Gasteiger partial charge in [0.05, 0.1) is 16.1 Å². The highest BCUT2D eigenvalue weighted by molar-refractivity contribution is 7.92. The third kappa shape index (κ3) is 7.41. The Labute approximate surface area is 232 Å². The predicted octanol–water partition coefficient (Wildman–Crippen LogP) is 5.15. The molecular formula is C29H32F3N3O4S. The molecule has 0 spiro atoms. The van der Waals surface area contributed by atoms with Gasteiger partial charge in [-0.25, -0.2) is 8.42 Å². The molecule has 40 heavy (non-hydrogen) atoms. The van der Waals surface area contributed by atoms with E-state index in [0.29, 0.717) is 22.5 Å². The first kappa shape index (κ1) is 30.7. The van der Waals surface area contributed by atoms with E-state index in [1.165, 1.54) is 23.1 Å². The molecule has 0 fully saturated rings. The lowest BCUT2D eigenvalue weighted by Gasteiger charge is -2.33. The Balaban J connectivity index is 2.11. The van der Waals surface area contributed by atoms with Crippen LogP contribution in [-0.4, -0.2) is 44.3 Å². The van der Waals surface area contributed by atoms with Gasteiger partial charge in [-0.15, -0.1) is 0 Å². The molecule has 0 unspecified atom stereocenters. The molecule has 0 radical (unpaired) electrons. The minimum absolute atomic E-state index is 0.00365. The second kappa shape index (κ2) is 13.0. The van der Waals surface area contributed by atoms with Gasteiger partial charge in [0.2, 0.25) is 11.8 Å². The van der Waals surface area contributed by atoms with Crippen LogP contribution in [0.2, 0.25) is 0 Å². The van der Waals surface area contributed by atoms with E-state index >= 15 is 0 Å². The van der Waals surface area contributed by atoms with Crippen molar-refractivity contribution in [2.75, 3.05) is 17.4 Å². The topological polar surface area (TPSA) is 86.8 Å². The van der Waals surface area contributed by atoms with Gasteiger partial charge in [0.1, 0.15) is 12.6 Å². The standard InChI is InChI=1S/C29H32F3N3O4S/c1-4-26(28(37)33-5-2)34(19-22-10-7-6-8-11-22)27(36)20-35(24-13-9-12-23(18-24)29(30,31)32)40(38,39)25-16-14-21(3)15-17-25/h6-18,26H,4-5,19-20H2,1-3H3,(H,33,37)/t26-/m0/s1. The highest BCUT2D eigenvalue weighted by atomic mass is 32.2. The maximum absolute atomic E-state index is 13.9. The monoisotopic (exact) mass is 575 g/mol. The Hall–Kier alpha value is -3.86. The second-order valence-corrected chi connectivity index (χ2v) is 11.1. The number of rotatable bonds is 11. The van der Waals surface area contributed by atoms with E-state index in [9.17, 15) is 31.2 Å². The fourth-order valence-electron chi connectivity index (χ4n) is 4.20. The quantitative estimate of drug-likeness (QED) is 0.343. The van der Waals surface area contributed by atoms with Crippen molar-refractivity contribution in [2.45, 2.75) is 50.9 Å². The van der Waals surface area contributed by atoms with Crippen LogP contribution in [0, 0.1) is 6.92 Å². The van der Waals surface area contributed by atoms with E-state index < -0.39 is 46.2 Å². The zero-order chi connectivity index (χ0) is 29.5. The largest absolute Gasteiger partial charge is 0.416 e. The number of aryl methyl sites for hydroxylation is 1. The third-order valence-electron chi connectivity index (χ3n) is 6.28. The maximum atomic E-state index is 13.9. The highest BCUT2D eigenvalue weighted by Gasteiger charge is 2.35. The van der Waals surface area contributed by atoms with Gasteiger partial charge in [0, 0.05) is 13.1 Å². The number of likely N-dealkylation sites (N-methyl/N-ethyl adjacent to an activating group) is 1. The Bertz CT molecular complexity index is 1410. The summed E-state index contributed by atoms with van der Waals surface area (Å²) >= 11 is 0. The maximum Gasteiger partial charge on any atom is 0.416 e. The lowest BCUT2D eigenvalue weighted by molar-refractivity contribution is -0.140. The lowest BCUT2D eigenvalue weighted by atomic mass is 10.1. The Morgan fingerprint density at radius 3 is 2.15 bits per heavy atom. The van der Waals surface area contributed by atoms with Crippen molar-refractivity contribution in [1.82, 2.24) is 10.2 Å². The van der Waals surface area contributed by atoms with Crippen LogP contribution < -0.4 is 9.62 Å². The minimum atomic E-state index is -4.73. The molecule has 0 bridgehead atoms. The summed E-state index contributed by atoms with van der Waals surface area (Å²) in [6.07, 6.45) is -4.50. The first-order valence-corrected chi connectivity index (χ1v) is 14.2. The Kier molecular flexibility index (Phi) is 9.97. The summed E-state index contributed by atoms with van der Waals surface area (Å²) in [6.45, 7) is 4.71. The molecular weight excluding hydrogens is 543 g/mol. The number of amides is 2. The van der Waals surface area contributed by atoms with Crippen LogP contribution in [0.25, 0.3) is 0 Å². The van der Waals surface area contributed by atoms with E-state index in [-0.39, 0.29) is 23.5 Å². The van der Waals surface area contributed by atoms with E-state index in [0.717, 1.165) is 17.7 Å². The molecule has 0 saturated carbocycles. The molecule has 214 valence electrons. The normalized spacial score (nSPS) is 12.4. The van der Waals surface area contributed by atoms with Gasteiger partial charge in [-0.1, -0.05) is 61.0 Å². The average Bonchev–Trinajstić information content (AvgIpc) is 2.92. The van der Waals surface area contributed by atoms with Gasteiger partial charge in [-0.05, 0) is 56.2 Å². The molecule has 0 aliphatic carbocycles. The van der Waals surface area contributed by atoms with Gasteiger partial charge >= 0.3 is 6.18 Å². The van der Waals surface area contributed by atoms with E-state index in [2.05, 4.69) is 5.32 Å². The summed E-state index contributed by atoms with van der Waals surface area (Å²) in [6, 6.07) is 17.5. The van der Waals surface area contributed by atoms with Gasteiger partial charge in [-0.2, -0.15) is 13.2 Å². The highest BCUT2D eigenvalue weighted by Crippen LogP contribution is 2.33. The molecule has 1 atom stereocenters. The van der Waals surface area contributed by atoms with Crippen molar-refractivity contribution < 1.29 is 31.2 Å². The zero-order valence-corrected chi connectivity index (χ0v) is 23.3. The van der Waals surface area contributed by atoms with Crippen LogP contribution in [0.1, 0.15) is 37.0 Å². The molecule has 3 aromatic rings. The van der Waals surface area contributed by atoms with Crippen molar-refractivity contribution >= 4 is 27.5 Å². The van der Waals surface area contributed by atoms with E-state index in [1.54, 1.807) is 63.2 Å². The lowest BCUT2D eigenvalue weighted by Crippen LogP contribution is -2.52. The van der Waals surface area contributed by atoms with Crippen molar-refractivity contribution in [1.29, 1.82) is 0 Å². The fraction of sp³-hybridized carbons (Fsp3) is 0.310. The smallest absolute Gasteiger partial charge is 0.355 e. The van der Waals surface area contributed by atoms with Gasteiger partial charge in [0.15, 0.2) is 0 Å². The van der Waals surface area contributed by atoms with Crippen molar-refractivity contribution in [3.8, 4) is 0 Å². The van der Waals surface area contributed by atoms with Crippen molar-refractivity contribution in [3.05, 3.63) is 95.6 Å². The summed E-state index contributed by atoms with van der Waals surface area (Å²) in [4.78, 5) is 27.9. The predicted molar refractivity (Wildman–Crippen MR) is 147 cm³/mol. The van der Waals surface area contributed by atoms with Crippen LogP contribution >= 0.6 is 0 Å². The Morgan fingerprint density at radius 2 is 1.57 bits per heavy atom. The minimum Gasteiger partial charge on any atom is -0.355 e. The molecule has 7 nitrogen and oxygen atoms in total. The SMILES string of the molecule is CCNC(=O)[C@H](CC)N(Cc1ccccc1)C(=O)CN(c1cccc(C(F)(F)F)c1)S(=O)(=O)c1ccc(C)cc1. The summed E-state index contributed by atoms with van der Waals surface area (Å²) < 4.78 is 68.9. The summed E-state index contributed by atoms with van der Waals surface area (Å²) in [5, 5.41) is 2.70. The van der Waals surface area contributed by atoms with Crippen molar-refractivity contribution in [3.63, 3.8) is 0 Å². The molecule has 2 amide bonds. The molecule has 0 saturated heterocycles. The number of anilines is 1. The molecule has 0 aromatic heterocycles. The molecule has 3 rings (SSSR count). The number of carbonyl (C=O) groups is 2. The zero-order valence-electron chi connectivity index (χ0n) is 22.5. The number of nitrogens with zero attached hydrogens (tertiary/aromatic N) is 2. The number of alkyl halides is 3.